The minimum absolute atomic E-state index is 0.0207. The Hall–Kier alpha value is -1.32. The molecule has 0 aliphatic carbocycles. The van der Waals surface area contributed by atoms with Crippen LogP contribution in [-0.4, -0.2) is 52.2 Å². The molecule has 1 fully saturated rings. The molecule has 0 saturated carbocycles. The van der Waals surface area contributed by atoms with Crippen molar-refractivity contribution >= 4 is 37.8 Å². The van der Waals surface area contributed by atoms with Gasteiger partial charge in [-0.1, -0.05) is 0 Å². The molecule has 118 valence electrons. The van der Waals surface area contributed by atoms with Gasteiger partial charge in [-0.15, -0.1) is 11.3 Å². The van der Waals surface area contributed by atoms with E-state index in [-0.39, 0.29) is 15.5 Å². The van der Waals surface area contributed by atoms with E-state index in [0.717, 1.165) is 37.1 Å². The molecule has 0 radical (unpaired) electrons. The maximum absolute atomic E-state index is 11.9. The van der Waals surface area contributed by atoms with Crippen molar-refractivity contribution in [2.24, 2.45) is 11.7 Å². The van der Waals surface area contributed by atoms with Gasteiger partial charge in [0.2, 0.25) is 0 Å². The summed E-state index contributed by atoms with van der Waals surface area (Å²) in [4.78, 5) is 13.6. The standard InChI is InChI=1S/C12H20N4O3S2/c1-16-4-3-7(6-16)5-15-12-10(21(2,18)19)8(13)9(20-12)11(14)17/h7,15H,3-6,13H2,1-2H3,(H2,14,17). The predicted molar refractivity (Wildman–Crippen MR) is 84.5 cm³/mol. The first-order valence-electron chi connectivity index (χ1n) is 6.54. The molecule has 1 amide bonds. The SMILES string of the molecule is CN1CCC(CNc2sc(C(N)=O)c(N)c2S(C)(=O)=O)C1. The molecule has 5 N–H and O–H groups in total. The Labute approximate surface area is 128 Å². The van der Waals surface area contributed by atoms with Crippen molar-refractivity contribution in [1.29, 1.82) is 0 Å². The van der Waals surface area contributed by atoms with Crippen molar-refractivity contribution in [3.05, 3.63) is 4.88 Å². The van der Waals surface area contributed by atoms with Gasteiger partial charge < -0.3 is 21.7 Å². The van der Waals surface area contributed by atoms with E-state index >= 15 is 0 Å². The Balaban J connectivity index is 2.26. The summed E-state index contributed by atoms with van der Waals surface area (Å²) in [5, 5.41) is 3.52. The summed E-state index contributed by atoms with van der Waals surface area (Å²) in [6.07, 6.45) is 2.13. The fourth-order valence-corrected chi connectivity index (χ4v) is 4.96. The second kappa shape index (κ2) is 5.82. The van der Waals surface area contributed by atoms with Crippen molar-refractivity contribution < 1.29 is 13.2 Å². The second-order valence-corrected chi connectivity index (χ2v) is 8.41. The largest absolute Gasteiger partial charge is 0.396 e. The fraction of sp³-hybridized carbons (Fsp3) is 0.583. The smallest absolute Gasteiger partial charge is 0.261 e. The van der Waals surface area contributed by atoms with Gasteiger partial charge in [-0.25, -0.2) is 8.42 Å². The number of hydrogen-bond acceptors (Lipinski definition) is 7. The van der Waals surface area contributed by atoms with E-state index in [2.05, 4.69) is 17.3 Å². The molecular formula is C12H20N4O3S2. The number of nitrogens with two attached hydrogens (primary N) is 2. The van der Waals surface area contributed by atoms with E-state index in [1.807, 2.05) is 0 Å². The lowest BCUT2D eigenvalue weighted by Gasteiger charge is -2.12. The monoisotopic (exact) mass is 332 g/mol. The number of nitrogens with zero attached hydrogens (tertiary/aromatic N) is 1. The molecule has 1 saturated heterocycles. The average molecular weight is 332 g/mol. The van der Waals surface area contributed by atoms with Crippen LogP contribution in [0, 0.1) is 5.92 Å². The summed E-state index contributed by atoms with van der Waals surface area (Å²) < 4.78 is 23.8. The van der Waals surface area contributed by atoms with Gasteiger partial charge in [-0.05, 0) is 25.9 Å². The van der Waals surface area contributed by atoms with Crippen LogP contribution in [-0.2, 0) is 9.84 Å². The number of carbonyl (C=O) groups is 1. The number of anilines is 2. The van der Waals surface area contributed by atoms with E-state index in [1.165, 1.54) is 0 Å². The highest BCUT2D eigenvalue weighted by molar-refractivity contribution is 7.91. The van der Waals surface area contributed by atoms with Crippen molar-refractivity contribution in [3.63, 3.8) is 0 Å². The van der Waals surface area contributed by atoms with Gasteiger partial charge in [0.25, 0.3) is 5.91 Å². The van der Waals surface area contributed by atoms with Crippen LogP contribution < -0.4 is 16.8 Å². The third-order valence-corrected chi connectivity index (χ3v) is 6.01. The van der Waals surface area contributed by atoms with Crippen molar-refractivity contribution in [2.75, 3.05) is 44.0 Å². The normalized spacial score (nSPS) is 19.8. The average Bonchev–Trinajstić information content (AvgIpc) is 2.89. The zero-order valence-corrected chi connectivity index (χ0v) is 13.7. The van der Waals surface area contributed by atoms with Gasteiger partial charge in [0, 0.05) is 19.3 Å². The van der Waals surface area contributed by atoms with Gasteiger partial charge in [0.1, 0.15) is 14.8 Å². The van der Waals surface area contributed by atoms with E-state index in [1.54, 1.807) is 0 Å². The summed E-state index contributed by atoms with van der Waals surface area (Å²) >= 11 is 1.00. The molecule has 21 heavy (non-hydrogen) atoms. The van der Waals surface area contributed by atoms with Crippen LogP contribution in [0.4, 0.5) is 10.7 Å². The second-order valence-electron chi connectivity index (χ2n) is 5.44. The summed E-state index contributed by atoms with van der Waals surface area (Å²) in [5.41, 5.74) is 11.0. The fourth-order valence-electron chi connectivity index (χ4n) is 2.53. The molecule has 1 aromatic heterocycles. The van der Waals surface area contributed by atoms with Crippen LogP contribution in [0.15, 0.2) is 4.90 Å². The lowest BCUT2D eigenvalue weighted by atomic mass is 10.1. The zero-order chi connectivity index (χ0) is 15.8. The first-order valence-corrected chi connectivity index (χ1v) is 9.25. The number of nitrogen functional groups attached to an aromatic ring is 1. The third-order valence-electron chi connectivity index (χ3n) is 3.53. The molecule has 1 aliphatic rings. The zero-order valence-electron chi connectivity index (χ0n) is 12.0. The first-order chi connectivity index (χ1) is 9.70. The van der Waals surface area contributed by atoms with Crippen molar-refractivity contribution in [3.8, 4) is 0 Å². The van der Waals surface area contributed by atoms with Crippen LogP contribution in [0.5, 0.6) is 0 Å². The van der Waals surface area contributed by atoms with Crippen LogP contribution in [0.25, 0.3) is 0 Å². The van der Waals surface area contributed by atoms with Crippen molar-refractivity contribution in [2.45, 2.75) is 11.3 Å². The van der Waals surface area contributed by atoms with Crippen LogP contribution in [0.1, 0.15) is 16.1 Å². The van der Waals surface area contributed by atoms with Crippen LogP contribution in [0.2, 0.25) is 0 Å². The number of primary amides is 1. The number of carbonyl (C=O) groups excluding carboxylic acids is 1. The number of hydrogen-bond donors (Lipinski definition) is 3. The number of likely N-dealkylation sites (tertiary alicyclic amines) is 1. The van der Waals surface area contributed by atoms with Gasteiger partial charge in [-0.2, -0.15) is 0 Å². The maximum Gasteiger partial charge on any atom is 0.261 e. The van der Waals surface area contributed by atoms with E-state index in [4.69, 9.17) is 11.5 Å². The Bertz CT molecular complexity index is 654. The molecular weight excluding hydrogens is 312 g/mol. The predicted octanol–water partition coefficient (Wildman–Crippen LogP) is 0.196. The van der Waals surface area contributed by atoms with E-state index in [9.17, 15) is 13.2 Å². The Morgan fingerprint density at radius 2 is 2.19 bits per heavy atom. The lowest BCUT2D eigenvalue weighted by Crippen LogP contribution is -2.19. The molecule has 0 spiro atoms. The lowest BCUT2D eigenvalue weighted by molar-refractivity contribution is 0.100. The highest BCUT2D eigenvalue weighted by atomic mass is 32.2. The van der Waals surface area contributed by atoms with Gasteiger partial charge in [0.15, 0.2) is 9.84 Å². The number of sulfone groups is 1. The Morgan fingerprint density at radius 3 is 2.67 bits per heavy atom. The Morgan fingerprint density at radius 1 is 1.52 bits per heavy atom. The molecule has 7 nitrogen and oxygen atoms in total. The topological polar surface area (TPSA) is 119 Å². The van der Waals surface area contributed by atoms with Crippen LogP contribution >= 0.6 is 11.3 Å². The first kappa shape index (κ1) is 16.1. The summed E-state index contributed by atoms with van der Waals surface area (Å²) in [5.74, 6) is -0.265. The molecule has 1 aromatic rings. The quantitative estimate of drug-likeness (QED) is 0.708. The van der Waals surface area contributed by atoms with Gasteiger partial charge in [0.05, 0.1) is 5.69 Å². The highest BCUT2D eigenvalue weighted by Gasteiger charge is 2.27. The molecule has 1 atom stereocenters. The highest BCUT2D eigenvalue weighted by Crippen LogP contribution is 2.39. The van der Waals surface area contributed by atoms with E-state index < -0.39 is 15.7 Å². The molecule has 0 aromatic carbocycles. The molecule has 9 heteroatoms. The third kappa shape index (κ3) is 3.47. The molecule has 1 unspecified atom stereocenters. The molecule has 2 rings (SSSR count). The molecule has 2 heterocycles. The minimum atomic E-state index is -3.53. The number of rotatable bonds is 5. The summed E-state index contributed by atoms with van der Waals surface area (Å²) in [7, 11) is -1.48. The minimum Gasteiger partial charge on any atom is -0.396 e. The number of thiophene rings is 1. The number of amides is 1. The number of nitrogens with one attached hydrogen (secondary N) is 1. The molecule has 0 bridgehead atoms. The summed E-state index contributed by atoms with van der Waals surface area (Å²) in [6.45, 7) is 2.64. The van der Waals surface area contributed by atoms with E-state index in [0.29, 0.717) is 17.5 Å². The van der Waals surface area contributed by atoms with Gasteiger partial charge in [-0.3, -0.25) is 4.79 Å². The Kier molecular flexibility index (Phi) is 4.45. The van der Waals surface area contributed by atoms with Crippen LogP contribution in [0.3, 0.4) is 0 Å². The molecule has 1 aliphatic heterocycles. The maximum atomic E-state index is 11.9. The van der Waals surface area contributed by atoms with Gasteiger partial charge >= 0.3 is 0 Å². The van der Waals surface area contributed by atoms with Crippen molar-refractivity contribution in [1.82, 2.24) is 4.90 Å². The summed E-state index contributed by atoms with van der Waals surface area (Å²) in [6, 6.07) is 0.